The molecule has 2 aromatic rings. The van der Waals surface area contributed by atoms with Crippen LogP contribution in [0.4, 0.5) is 0 Å². The maximum Gasteiger partial charge on any atom is 0.320 e. The Morgan fingerprint density at radius 3 is 2.61 bits per heavy atom. The third-order valence-electron chi connectivity index (χ3n) is 3.79. The largest absolute Gasteiger partial charge is 0.480 e. The van der Waals surface area contributed by atoms with Crippen molar-refractivity contribution < 1.29 is 19.8 Å². The van der Waals surface area contributed by atoms with E-state index in [1.54, 1.807) is 0 Å². The molecule has 1 aliphatic rings. The number of aromatic amines is 1. The van der Waals surface area contributed by atoms with E-state index in [4.69, 9.17) is 15.9 Å². The molecule has 0 amide bonds. The summed E-state index contributed by atoms with van der Waals surface area (Å²) >= 11 is 0. The Bertz CT molecular complexity index is 677. The molecule has 0 aliphatic carbocycles. The van der Waals surface area contributed by atoms with E-state index in [0.29, 0.717) is 6.42 Å². The average Bonchev–Trinajstić information content (AvgIpc) is 3.18. The molecule has 1 fully saturated rings. The summed E-state index contributed by atoms with van der Waals surface area (Å²) < 4.78 is 0. The van der Waals surface area contributed by atoms with Gasteiger partial charge in [0.05, 0.1) is 0 Å². The summed E-state index contributed by atoms with van der Waals surface area (Å²) in [6.45, 7) is 0.858. The van der Waals surface area contributed by atoms with Gasteiger partial charge in [-0.2, -0.15) is 0 Å². The molecule has 1 aliphatic heterocycles. The molecule has 1 aromatic heterocycles. The second kappa shape index (κ2) is 7.75. The van der Waals surface area contributed by atoms with Crippen LogP contribution in [0.1, 0.15) is 18.4 Å². The first-order valence-electron chi connectivity index (χ1n) is 7.48. The van der Waals surface area contributed by atoms with E-state index in [0.717, 1.165) is 35.9 Å². The van der Waals surface area contributed by atoms with Gasteiger partial charge in [0.15, 0.2) is 0 Å². The van der Waals surface area contributed by atoms with Crippen LogP contribution in [0.15, 0.2) is 30.5 Å². The average molecular weight is 319 g/mol. The Kier molecular flexibility index (Phi) is 5.72. The lowest BCUT2D eigenvalue weighted by Gasteiger charge is -2.04. The van der Waals surface area contributed by atoms with Crippen molar-refractivity contribution in [3.05, 3.63) is 36.0 Å². The Labute approximate surface area is 133 Å². The van der Waals surface area contributed by atoms with Gasteiger partial charge in [-0.1, -0.05) is 18.2 Å². The highest BCUT2D eigenvalue weighted by molar-refractivity contribution is 5.84. The highest BCUT2D eigenvalue weighted by atomic mass is 16.4. The number of aromatic nitrogens is 1. The molecule has 0 bridgehead atoms. The van der Waals surface area contributed by atoms with Gasteiger partial charge < -0.3 is 26.2 Å². The number of carboxylic acid groups (broad SMARTS) is 2. The van der Waals surface area contributed by atoms with Crippen LogP contribution in [0.5, 0.6) is 0 Å². The molecule has 1 saturated heterocycles. The Morgan fingerprint density at radius 2 is 2.04 bits per heavy atom. The summed E-state index contributed by atoms with van der Waals surface area (Å²) in [5.41, 5.74) is 7.43. The highest BCUT2D eigenvalue weighted by Crippen LogP contribution is 2.18. The Hall–Kier alpha value is -2.38. The first-order valence-corrected chi connectivity index (χ1v) is 7.48. The van der Waals surface area contributed by atoms with Crippen LogP contribution < -0.4 is 11.1 Å². The fourth-order valence-electron chi connectivity index (χ4n) is 2.52. The molecule has 23 heavy (non-hydrogen) atoms. The van der Waals surface area contributed by atoms with Gasteiger partial charge in [0.1, 0.15) is 12.1 Å². The molecule has 0 radical (unpaired) electrons. The van der Waals surface area contributed by atoms with Gasteiger partial charge in [-0.15, -0.1) is 0 Å². The number of hydrogen-bond acceptors (Lipinski definition) is 4. The first-order chi connectivity index (χ1) is 11.0. The minimum atomic E-state index is -0.972. The predicted octanol–water partition coefficient (Wildman–Crippen LogP) is 0.945. The van der Waals surface area contributed by atoms with Crippen LogP contribution in [0.2, 0.25) is 0 Å². The monoisotopic (exact) mass is 319 g/mol. The number of H-pyrrole nitrogens is 1. The lowest BCUT2D eigenvalue weighted by atomic mass is 10.1. The van der Waals surface area contributed by atoms with Crippen molar-refractivity contribution in [3.63, 3.8) is 0 Å². The van der Waals surface area contributed by atoms with Gasteiger partial charge >= 0.3 is 11.9 Å². The quantitative estimate of drug-likeness (QED) is 0.570. The molecule has 0 saturated carbocycles. The predicted molar refractivity (Wildman–Crippen MR) is 86.3 cm³/mol. The number of aliphatic carboxylic acids is 2. The molecule has 2 heterocycles. The molecular formula is C16H21N3O4. The Balaban J connectivity index is 0.000000203. The summed E-state index contributed by atoms with van der Waals surface area (Å²) in [6.07, 6.45) is 3.94. The van der Waals surface area contributed by atoms with Gasteiger partial charge in [0, 0.05) is 23.5 Å². The van der Waals surface area contributed by atoms with Crippen molar-refractivity contribution in [2.75, 3.05) is 6.54 Å². The number of nitrogens with two attached hydrogens (primary N) is 1. The fourth-order valence-corrected chi connectivity index (χ4v) is 2.52. The number of nitrogens with one attached hydrogen (secondary N) is 2. The second-order valence-electron chi connectivity index (χ2n) is 5.50. The number of carboxylic acids is 2. The van der Waals surface area contributed by atoms with Crippen LogP contribution in [0.25, 0.3) is 10.9 Å². The molecule has 3 rings (SSSR count). The molecule has 6 N–H and O–H groups in total. The SMILES string of the molecule is N[C@@H](Cc1c[nH]c2ccccc12)C(=O)O.O=C(O)[C@H]1CCCN1. The van der Waals surface area contributed by atoms with Crippen molar-refractivity contribution in [2.45, 2.75) is 31.3 Å². The molecular weight excluding hydrogens is 298 g/mol. The van der Waals surface area contributed by atoms with Gasteiger partial charge in [0.2, 0.25) is 0 Å². The lowest BCUT2D eigenvalue weighted by Crippen LogP contribution is -2.32. The maximum atomic E-state index is 10.6. The van der Waals surface area contributed by atoms with E-state index in [2.05, 4.69) is 10.3 Å². The number of hydrogen-bond donors (Lipinski definition) is 5. The standard InChI is InChI=1S/C11H12N2O2.C5H9NO2/c12-9(11(14)15)5-7-6-13-10-4-2-1-3-8(7)10;7-5(8)4-2-1-3-6-4/h1-4,6,9,13H,5,12H2,(H,14,15);4,6H,1-3H2,(H,7,8)/t9-;4-/m01/s1. The number of rotatable bonds is 4. The van der Waals surface area contributed by atoms with E-state index in [9.17, 15) is 9.59 Å². The minimum absolute atomic E-state index is 0.269. The minimum Gasteiger partial charge on any atom is -0.480 e. The van der Waals surface area contributed by atoms with Gasteiger partial charge in [-0.05, 0) is 31.0 Å². The molecule has 2 atom stereocenters. The van der Waals surface area contributed by atoms with Crippen LogP contribution in [0, 0.1) is 0 Å². The number of carbonyl (C=O) groups is 2. The van der Waals surface area contributed by atoms with E-state index < -0.39 is 18.0 Å². The molecule has 7 nitrogen and oxygen atoms in total. The smallest absolute Gasteiger partial charge is 0.320 e. The highest BCUT2D eigenvalue weighted by Gasteiger charge is 2.20. The topological polar surface area (TPSA) is 128 Å². The number of para-hydroxylation sites is 1. The zero-order valence-corrected chi connectivity index (χ0v) is 12.7. The van der Waals surface area contributed by atoms with Gasteiger partial charge in [-0.3, -0.25) is 9.59 Å². The van der Waals surface area contributed by atoms with E-state index in [-0.39, 0.29) is 6.04 Å². The number of fused-ring (bicyclic) bond motifs is 1. The fraction of sp³-hybridized carbons (Fsp3) is 0.375. The summed E-state index contributed by atoms with van der Waals surface area (Å²) in [4.78, 5) is 23.8. The summed E-state index contributed by atoms with van der Waals surface area (Å²) in [5, 5.41) is 21.0. The summed E-state index contributed by atoms with van der Waals surface area (Å²) in [6, 6.07) is 6.64. The maximum absolute atomic E-state index is 10.6. The first kappa shape index (κ1) is 17.0. The Morgan fingerprint density at radius 1 is 1.30 bits per heavy atom. The normalized spacial score (nSPS) is 18.2. The molecule has 124 valence electrons. The van der Waals surface area contributed by atoms with Gasteiger partial charge in [-0.25, -0.2) is 0 Å². The molecule has 7 heteroatoms. The summed E-state index contributed by atoms with van der Waals surface area (Å²) in [5.74, 6) is -1.69. The van der Waals surface area contributed by atoms with Crippen LogP contribution in [-0.4, -0.2) is 45.8 Å². The zero-order chi connectivity index (χ0) is 16.8. The van der Waals surface area contributed by atoms with Crippen molar-refractivity contribution in [1.82, 2.24) is 10.3 Å². The van der Waals surface area contributed by atoms with Crippen molar-refractivity contribution >= 4 is 22.8 Å². The van der Waals surface area contributed by atoms with E-state index >= 15 is 0 Å². The van der Waals surface area contributed by atoms with Crippen molar-refractivity contribution in [1.29, 1.82) is 0 Å². The molecule has 0 spiro atoms. The van der Waals surface area contributed by atoms with E-state index in [1.165, 1.54) is 0 Å². The zero-order valence-electron chi connectivity index (χ0n) is 12.7. The second-order valence-corrected chi connectivity index (χ2v) is 5.50. The third kappa shape index (κ3) is 4.54. The van der Waals surface area contributed by atoms with Crippen molar-refractivity contribution in [2.24, 2.45) is 5.73 Å². The van der Waals surface area contributed by atoms with Crippen LogP contribution >= 0.6 is 0 Å². The van der Waals surface area contributed by atoms with Crippen molar-refractivity contribution in [3.8, 4) is 0 Å². The number of benzene rings is 1. The molecule has 0 unspecified atom stereocenters. The van der Waals surface area contributed by atoms with Crippen LogP contribution in [0.3, 0.4) is 0 Å². The van der Waals surface area contributed by atoms with Gasteiger partial charge in [0.25, 0.3) is 0 Å². The summed E-state index contributed by atoms with van der Waals surface area (Å²) in [7, 11) is 0. The lowest BCUT2D eigenvalue weighted by molar-refractivity contribution is -0.139. The third-order valence-corrected chi connectivity index (χ3v) is 3.79. The molecule has 1 aromatic carbocycles. The van der Waals surface area contributed by atoms with E-state index in [1.807, 2.05) is 30.5 Å². The van der Waals surface area contributed by atoms with Crippen LogP contribution in [-0.2, 0) is 16.0 Å².